The molecule has 3 rings (SSSR count). The molecule has 0 spiro atoms. The lowest BCUT2D eigenvalue weighted by atomic mass is 9.98. The maximum absolute atomic E-state index is 12.9. The van der Waals surface area contributed by atoms with E-state index < -0.39 is 0 Å². The number of hydrogen-bond donors (Lipinski definition) is 1. The summed E-state index contributed by atoms with van der Waals surface area (Å²) in [6.45, 7) is 4.69. The fraction of sp³-hybridized carbons (Fsp3) is 0.333. The highest BCUT2D eigenvalue weighted by atomic mass is 35.5. The van der Waals surface area contributed by atoms with Gasteiger partial charge in [0.1, 0.15) is 0 Å². The van der Waals surface area contributed by atoms with Crippen LogP contribution in [-0.4, -0.2) is 24.4 Å². The van der Waals surface area contributed by atoms with Gasteiger partial charge >= 0.3 is 0 Å². The van der Waals surface area contributed by atoms with Gasteiger partial charge in [-0.25, -0.2) is 0 Å². The topological polar surface area (TPSA) is 49.4 Å². The Morgan fingerprint density at radius 3 is 2.73 bits per heavy atom. The molecule has 1 heterocycles. The van der Waals surface area contributed by atoms with Crippen molar-refractivity contribution in [3.8, 4) is 0 Å². The second kappa shape index (κ2) is 7.92. The van der Waals surface area contributed by atoms with Gasteiger partial charge in [0.2, 0.25) is 0 Å². The van der Waals surface area contributed by atoms with Gasteiger partial charge in [-0.3, -0.25) is 9.59 Å². The van der Waals surface area contributed by atoms with Crippen molar-refractivity contribution in [2.24, 2.45) is 0 Å². The number of carbonyl (C=O) groups is 2. The molecule has 0 bridgehead atoms. The normalized spacial score (nSPS) is 14.5. The van der Waals surface area contributed by atoms with Gasteiger partial charge in [0, 0.05) is 34.4 Å². The number of aryl methyl sites for hydroxylation is 1. The molecule has 136 valence electrons. The summed E-state index contributed by atoms with van der Waals surface area (Å²) in [6.07, 6.45) is 2.62. The molecule has 1 N–H and O–H groups in total. The average molecular weight is 371 g/mol. The lowest BCUT2D eigenvalue weighted by Gasteiger charge is -2.30. The van der Waals surface area contributed by atoms with Crippen molar-refractivity contribution in [2.45, 2.75) is 39.2 Å². The molecule has 2 aromatic rings. The quantitative estimate of drug-likeness (QED) is 0.863. The molecule has 0 saturated heterocycles. The van der Waals surface area contributed by atoms with E-state index in [9.17, 15) is 9.59 Å². The number of carbonyl (C=O) groups excluding carboxylic acids is 2. The van der Waals surface area contributed by atoms with Gasteiger partial charge in [-0.05, 0) is 68.1 Å². The highest BCUT2D eigenvalue weighted by Gasteiger charge is 2.24. The number of fused-ring (bicyclic) bond motifs is 1. The zero-order valence-electron chi connectivity index (χ0n) is 15.1. The highest BCUT2D eigenvalue weighted by molar-refractivity contribution is 6.31. The molecule has 5 heteroatoms. The van der Waals surface area contributed by atoms with E-state index in [0.29, 0.717) is 22.7 Å². The summed E-state index contributed by atoms with van der Waals surface area (Å²) in [7, 11) is 0. The Morgan fingerprint density at radius 2 is 2.00 bits per heavy atom. The predicted octanol–water partition coefficient (Wildman–Crippen LogP) is 4.46. The maximum Gasteiger partial charge on any atom is 0.258 e. The molecule has 0 radical (unpaired) electrons. The summed E-state index contributed by atoms with van der Waals surface area (Å²) in [5.41, 5.74) is 3.12. The largest absolute Gasteiger partial charge is 0.350 e. The third-order valence-corrected chi connectivity index (χ3v) is 5.00. The van der Waals surface area contributed by atoms with Crippen molar-refractivity contribution in [1.82, 2.24) is 5.32 Å². The molecule has 0 aliphatic carbocycles. The summed E-state index contributed by atoms with van der Waals surface area (Å²) in [4.78, 5) is 27.1. The molecular formula is C21H23ClN2O2. The molecule has 2 amide bonds. The lowest BCUT2D eigenvalue weighted by Crippen LogP contribution is -2.36. The van der Waals surface area contributed by atoms with Crippen molar-refractivity contribution >= 4 is 29.1 Å². The van der Waals surface area contributed by atoms with Crippen LogP contribution in [0.1, 0.15) is 53.0 Å². The Balaban J connectivity index is 1.86. The minimum Gasteiger partial charge on any atom is -0.350 e. The van der Waals surface area contributed by atoms with Crippen LogP contribution >= 0.6 is 11.6 Å². The van der Waals surface area contributed by atoms with Gasteiger partial charge in [0.25, 0.3) is 11.8 Å². The van der Waals surface area contributed by atoms with E-state index in [0.717, 1.165) is 30.5 Å². The Morgan fingerprint density at radius 1 is 1.19 bits per heavy atom. The second-order valence-corrected chi connectivity index (χ2v) is 7.13. The summed E-state index contributed by atoms with van der Waals surface area (Å²) >= 11 is 6.02. The van der Waals surface area contributed by atoms with Crippen molar-refractivity contribution in [3.05, 3.63) is 64.2 Å². The van der Waals surface area contributed by atoms with Crippen LogP contribution in [0.4, 0.5) is 5.69 Å². The Kier molecular flexibility index (Phi) is 5.62. The summed E-state index contributed by atoms with van der Waals surface area (Å²) in [5.74, 6) is -0.134. The minimum atomic E-state index is -0.0690. The number of benzene rings is 2. The molecule has 0 fully saturated rings. The SMILES string of the molecule is CCC(C)NC(=O)c1ccc2c(c1)CCCN2C(=O)c1cccc(Cl)c1. The molecule has 26 heavy (non-hydrogen) atoms. The first-order valence-electron chi connectivity index (χ1n) is 9.01. The molecular weight excluding hydrogens is 348 g/mol. The van der Waals surface area contributed by atoms with E-state index >= 15 is 0 Å². The number of halogens is 1. The summed E-state index contributed by atoms with van der Waals surface area (Å²) < 4.78 is 0. The van der Waals surface area contributed by atoms with Crippen molar-refractivity contribution in [1.29, 1.82) is 0 Å². The van der Waals surface area contributed by atoms with E-state index in [-0.39, 0.29) is 17.9 Å². The number of nitrogens with one attached hydrogen (secondary N) is 1. The van der Waals surface area contributed by atoms with Crippen LogP contribution in [0.15, 0.2) is 42.5 Å². The van der Waals surface area contributed by atoms with E-state index in [1.165, 1.54) is 0 Å². The molecule has 4 nitrogen and oxygen atoms in total. The predicted molar refractivity (Wildman–Crippen MR) is 105 cm³/mol. The van der Waals surface area contributed by atoms with Crippen molar-refractivity contribution < 1.29 is 9.59 Å². The first-order chi connectivity index (χ1) is 12.5. The van der Waals surface area contributed by atoms with Crippen LogP contribution in [-0.2, 0) is 6.42 Å². The van der Waals surface area contributed by atoms with Gasteiger partial charge in [-0.1, -0.05) is 24.6 Å². The fourth-order valence-corrected chi connectivity index (χ4v) is 3.33. The monoisotopic (exact) mass is 370 g/mol. The van der Waals surface area contributed by atoms with Crippen LogP contribution in [0.2, 0.25) is 5.02 Å². The van der Waals surface area contributed by atoms with Crippen molar-refractivity contribution in [2.75, 3.05) is 11.4 Å². The van der Waals surface area contributed by atoms with E-state index in [4.69, 9.17) is 11.6 Å². The van der Waals surface area contributed by atoms with Crippen LogP contribution in [0.5, 0.6) is 0 Å². The Bertz CT molecular complexity index is 835. The Hall–Kier alpha value is -2.33. The molecule has 0 saturated carbocycles. The molecule has 1 aliphatic heterocycles. The van der Waals surface area contributed by atoms with Crippen LogP contribution in [0, 0.1) is 0 Å². The fourth-order valence-electron chi connectivity index (χ4n) is 3.14. The third kappa shape index (κ3) is 3.91. The summed E-state index contributed by atoms with van der Waals surface area (Å²) in [5, 5.41) is 3.53. The summed E-state index contributed by atoms with van der Waals surface area (Å²) in [6, 6.07) is 12.7. The van der Waals surface area contributed by atoms with Gasteiger partial charge in [0.15, 0.2) is 0 Å². The maximum atomic E-state index is 12.9. The van der Waals surface area contributed by atoms with Gasteiger partial charge < -0.3 is 10.2 Å². The molecule has 2 aromatic carbocycles. The number of anilines is 1. The Labute approximate surface area is 159 Å². The lowest BCUT2D eigenvalue weighted by molar-refractivity contribution is 0.0938. The average Bonchev–Trinajstić information content (AvgIpc) is 2.66. The number of hydrogen-bond acceptors (Lipinski definition) is 2. The van der Waals surface area contributed by atoms with Gasteiger partial charge in [-0.2, -0.15) is 0 Å². The zero-order valence-corrected chi connectivity index (χ0v) is 15.8. The zero-order chi connectivity index (χ0) is 18.7. The highest BCUT2D eigenvalue weighted by Crippen LogP contribution is 2.30. The number of amides is 2. The van der Waals surface area contributed by atoms with Gasteiger partial charge in [0.05, 0.1) is 0 Å². The van der Waals surface area contributed by atoms with Gasteiger partial charge in [-0.15, -0.1) is 0 Å². The van der Waals surface area contributed by atoms with Crippen LogP contribution in [0.25, 0.3) is 0 Å². The van der Waals surface area contributed by atoms with E-state index in [2.05, 4.69) is 5.32 Å². The number of nitrogens with zero attached hydrogens (tertiary/aromatic N) is 1. The minimum absolute atomic E-state index is 0.0646. The molecule has 1 aliphatic rings. The molecule has 0 aromatic heterocycles. The van der Waals surface area contributed by atoms with Crippen LogP contribution in [0.3, 0.4) is 0 Å². The standard InChI is InChI=1S/C21H23ClN2O2/c1-3-14(2)23-20(25)16-9-10-19-15(12-16)7-5-11-24(19)21(26)17-6-4-8-18(22)13-17/h4,6,8-10,12-14H,3,5,7,11H2,1-2H3,(H,23,25). The van der Waals surface area contributed by atoms with E-state index in [1.54, 1.807) is 35.2 Å². The van der Waals surface area contributed by atoms with Crippen molar-refractivity contribution in [3.63, 3.8) is 0 Å². The third-order valence-electron chi connectivity index (χ3n) is 4.77. The molecule has 1 atom stereocenters. The first kappa shape index (κ1) is 18.5. The first-order valence-corrected chi connectivity index (χ1v) is 9.38. The van der Waals surface area contributed by atoms with Crippen LogP contribution < -0.4 is 10.2 Å². The molecule has 1 unspecified atom stereocenters. The van der Waals surface area contributed by atoms with E-state index in [1.807, 2.05) is 26.0 Å². The second-order valence-electron chi connectivity index (χ2n) is 6.70. The smallest absolute Gasteiger partial charge is 0.258 e. The number of rotatable bonds is 4.